The fourth-order valence-electron chi connectivity index (χ4n) is 2.44. The lowest BCUT2D eigenvalue weighted by molar-refractivity contribution is -0.0460. The summed E-state index contributed by atoms with van der Waals surface area (Å²) < 4.78 is 52.4. The van der Waals surface area contributed by atoms with E-state index in [1.807, 2.05) is 0 Å². The molecule has 2 rings (SSSR count). The van der Waals surface area contributed by atoms with Crippen LogP contribution in [0.15, 0.2) is 12.3 Å². The monoisotopic (exact) mass is 497 g/mol. The number of phosphoric ester groups is 1. The fourth-order valence-corrected chi connectivity index (χ4v) is 5.74. The molecule has 0 saturated carbocycles. The molecule has 0 aromatic carbocycles. The maximum atomic E-state index is 11.8. The van der Waals surface area contributed by atoms with Crippen molar-refractivity contribution < 1.29 is 56.3 Å². The Hall–Kier alpha value is -0.570. The number of rotatable bonds is 8. The van der Waals surface area contributed by atoms with Gasteiger partial charge in [0.15, 0.2) is 0 Å². The summed E-state index contributed by atoms with van der Waals surface area (Å²) in [5.74, 6) is -0.414. The number of phosphoric acid groups is 3. The molecule has 0 radical (unpaired) electrons. The quantitative estimate of drug-likeness (QED) is 0.211. The van der Waals surface area contributed by atoms with Gasteiger partial charge in [-0.25, -0.2) is 18.7 Å². The number of nitrogens with zero attached hydrogens (tertiary/aromatic N) is 2. The van der Waals surface area contributed by atoms with Gasteiger partial charge >= 0.3 is 23.5 Å². The van der Waals surface area contributed by atoms with Gasteiger partial charge in [-0.2, -0.15) is 8.62 Å². The first kappa shape index (κ1) is 24.7. The van der Waals surface area contributed by atoms with E-state index in [1.165, 1.54) is 16.8 Å². The predicted molar refractivity (Wildman–Crippen MR) is 96.4 cm³/mol. The number of nitrogens with two attached hydrogens (primary N) is 1. The number of aromatic nitrogens is 2. The minimum absolute atomic E-state index is 0.0580. The van der Waals surface area contributed by atoms with Gasteiger partial charge in [-0.3, -0.25) is 9.09 Å². The van der Waals surface area contributed by atoms with Crippen LogP contribution in [0.25, 0.3) is 0 Å². The lowest BCUT2D eigenvalue weighted by Crippen LogP contribution is -2.29. The normalized spacial score (nSPS) is 29.3. The van der Waals surface area contributed by atoms with Crippen LogP contribution in [-0.4, -0.2) is 53.0 Å². The van der Waals surface area contributed by atoms with Gasteiger partial charge in [0, 0.05) is 12.1 Å². The Morgan fingerprint density at radius 3 is 2.41 bits per heavy atom. The van der Waals surface area contributed by atoms with Crippen molar-refractivity contribution >= 4 is 41.5 Å². The number of ether oxygens (including phenoxy) is 1. The highest BCUT2D eigenvalue weighted by molar-refractivity contribution is 7.71. The molecule has 1 aliphatic heterocycles. The molecule has 19 heteroatoms. The number of aliphatic hydroxyl groups excluding tert-OH is 1. The highest BCUT2D eigenvalue weighted by Gasteiger charge is 2.45. The van der Waals surface area contributed by atoms with Crippen molar-refractivity contribution in [3.05, 3.63) is 17.0 Å². The van der Waals surface area contributed by atoms with Gasteiger partial charge in [-0.05, 0) is 18.3 Å². The first-order valence-electron chi connectivity index (χ1n) is 7.57. The Morgan fingerprint density at radius 2 is 1.86 bits per heavy atom. The average Bonchev–Trinajstić information content (AvgIpc) is 2.78. The minimum Gasteiger partial charge on any atom is -0.390 e. The highest BCUT2D eigenvalue weighted by atomic mass is 32.1. The maximum Gasteiger partial charge on any atom is 0.490 e. The van der Waals surface area contributed by atoms with Crippen molar-refractivity contribution in [1.29, 1.82) is 0 Å². The second-order valence-electron chi connectivity index (χ2n) is 5.84. The average molecular weight is 497 g/mol. The molecule has 0 aliphatic carbocycles. The standard InChI is InChI=1S/C10H18N3O12P3S/c1-5-8(14)6(23-9(5)13-3-2-7(11)12-10(13)29)4-22-27(18,19)25-28(20,21)24-26(15,16)17/h2-3,5-6,8-9,14H,4H2,1H3,(H,18,19)(H,20,21)(H2,11,12,29)(H2,15,16,17)/t5?,6?,8?,9-/m1/s1. The van der Waals surface area contributed by atoms with Crippen LogP contribution in [0.2, 0.25) is 0 Å². The second kappa shape index (κ2) is 8.89. The van der Waals surface area contributed by atoms with Crippen LogP contribution < -0.4 is 5.73 Å². The van der Waals surface area contributed by atoms with Crippen molar-refractivity contribution in [2.24, 2.45) is 5.92 Å². The molecule has 166 valence electrons. The highest BCUT2D eigenvalue weighted by Crippen LogP contribution is 2.66. The molecule has 0 bridgehead atoms. The molecule has 1 aromatic heterocycles. The van der Waals surface area contributed by atoms with Gasteiger partial charge in [-0.15, -0.1) is 0 Å². The van der Waals surface area contributed by atoms with Gasteiger partial charge < -0.3 is 35.2 Å². The van der Waals surface area contributed by atoms with Crippen LogP contribution in [0.5, 0.6) is 0 Å². The van der Waals surface area contributed by atoms with Gasteiger partial charge in [0.05, 0.1) is 12.7 Å². The van der Waals surface area contributed by atoms with E-state index in [2.05, 4.69) is 18.1 Å². The molecule has 7 N–H and O–H groups in total. The van der Waals surface area contributed by atoms with Crippen LogP contribution in [0.1, 0.15) is 13.2 Å². The van der Waals surface area contributed by atoms with Crippen molar-refractivity contribution in [2.45, 2.75) is 25.4 Å². The molecular formula is C10H18N3O12P3S. The lowest BCUT2D eigenvalue weighted by atomic mass is 10.0. The van der Waals surface area contributed by atoms with Crippen LogP contribution in [0, 0.1) is 10.7 Å². The van der Waals surface area contributed by atoms with Crippen molar-refractivity contribution in [2.75, 3.05) is 12.3 Å². The first-order chi connectivity index (χ1) is 13.1. The van der Waals surface area contributed by atoms with Gasteiger partial charge in [0.1, 0.15) is 18.1 Å². The first-order valence-corrected chi connectivity index (χ1v) is 12.5. The topological polar surface area (TPSA) is 233 Å². The largest absolute Gasteiger partial charge is 0.490 e. The molecule has 1 saturated heterocycles. The molecule has 15 nitrogen and oxygen atoms in total. The van der Waals surface area contributed by atoms with Crippen molar-refractivity contribution in [3.8, 4) is 0 Å². The number of hydrogen-bond donors (Lipinski definition) is 6. The number of nitrogen functional groups attached to an aromatic ring is 1. The summed E-state index contributed by atoms with van der Waals surface area (Å²) in [7, 11) is -16.5. The van der Waals surface area contributed by atoms with Crippen molar-refractivity contribution in [3.63, 3.8) is 0 Å². The molecule has 5 unspecified atom stereocenters. The smallest absolute Gasteiger partial charge is 0.390 e. The molecule has 1 aliphatic rings. The SMILES string of the molecule is CC1C(O)C(COP(=O)(O)OP(=O)(O)OP(=O)(O)O)O[C@H]1n1ccc(N)nc1=S. The van der Waals surface area contributed by atoms with E-state index in [4.69, 9.17) is 37.4 Å². The number of hydrogen-bond acceptors (Lipinski definition) is 11. The Labute approximate surface area is 168 Å². The third kappa shape index (κ3) is 6.97. The maximum absolute atomic E-state index is 11.8. The zero-order valence-electron chi connectivity index (χ0n) is 14.5. The molecular weight excluding hydrogens is 479 g/mol. The van der Waals surface area contributed by atoms with Crippen LogP contribution in [0.4, 0.5) is 5.82 Å². The Balaban J connectivity index is 2.05. The van der Waals surface area contributed by atoms with Crippen LogP contribution in [-0.2, 0) is 31.6 Å². The molecule has 0 spiro atoms. The third-order valence-electron chi connectivity index (χ3n) is 3.63. The Bertz CT molecular complexity index is 951. The fraction of sp³-hybridized carbons (Fsp3) is 0.600. The summed E-state index contributed by atoms with van der Waals surface area (Å²) >= 11 is 5.07. The van der Waals surface area contributed by atoms with E-state index < -0.39 is 54.4 Å². The Morgan fingerprint density at radius 1 is 1.24 bits per heavy atom. The van der Waals surface area contributed by atoms with E-state index in [9.17, 15) is 23.7 Å². The minimum atomic E-state index is -5.64. The summed E-state index contributed by atoms with van der Waals surface area (Å²) in [6.45, 7) is 0.805. The van der Waals surface area contributed by atoms with E-state index in [-0.39, 0.29) is 10.6 Å². The predicted octanol–water partition coefficient (Wildman–Crippen LogP) is 0.432. The zero-order chi connectivity index (χ0) is 22.2. The summed E-state index contributed by atoms with van der Waals surface area (Å²) in [4.78, 5) is 39.4. The van der Waals surface area contributed by atoms with E-state index in [0.29, 0.717) is 0 Å². The van der Waals surface area contributed by atoms with Gasteiger partial charge in [0.2, 0.25) is 4.77 Å². The van der Waals surface area contributed by atoms with E-state index in [1.54, 1.807) is 6.92 Å². The van der Waals surface area contributed by atoms with E-state index >= 15 is 0 Å². The molecule has 1 aromatic rings. The van der Waals surface area contributed by atoms with Crippen molar-refractivity contribution in [1.82, 2.24) is 9.55 Å². The molecule has 2 heterocycles. The van der Waals surface area contributed by atoms with E-state index in [0.717, 1.165) is 0 Å². The summed E-state index contributed by atoms with van der Waals surface area (Å²) in [6.07, 6.45) is -1.77. The molecule has 0 amide bonds. The zero-order valence-corrected chi connectivity index (χ0v) is 18.0. The summed E-state index contributed by atoms with van der Waals surface area (Å²) in [6, 6.07) is 1.44. The summed E-state index contributed by atoms with van der Waals surface area (Å²) in [5.41, 5.74) is 5.52. The molecule has 29 heavy (non-hydrogen) atoms. The van der Waals surface area contributed by atoms with Crippen LogP contribution in [0.3, 0.4) is 0 Å². The summed E-state index contributed by atoms with van der Waals surface area (Å²) in [5, 5.41) is 10.3. The van der Waals surface area contributed by atoms with Gasteiger partial charge in [-0.1, -0.05) is 6.92 Å². The Kier molecular flexibility index (Phi) is 7.57. The molecule has 6 atom stereocenters. The number of aliphatic hydroxyl groups is 1. The second-order valence-corrected chi connectivity index (χ2v) is 10.6. The molecule has 1 fully saturated rings. The number of anilines is 1. The van der Waals surface area contributed by atoms with Gasteiger partial charge in [0.25, 0.3) is 0 Å². The third-order valence-corrected chi connectivity index (χ3v) is 7.73. The lowest BCUT2D eigenvalue weighted by Gasteiger charge is -2.19. The van der Waals surface area contributed by atoms with Crippen LogP contribution >= 0.6 is 35.7 Å².